The molecule has 0 atom stereocenters. The summed E-state index contributed by atoms with van der Waals surface area (Å²) >= 11 is 1.82. The van der Waals surface area contributed by atoms with Crippen LogP contribution in [0.25, 0.3) is 0 Å². The van der Waals surface area contributed by atoms with Crippen molar-refractivity contribution in [2.24, 2.45) is 0 Å². The molecule has 2 N–H and O–H groups in total. The van der Waals surface area contributed by atoms with E-state index in [-0.39, 0.29) is 11.6 Å². The van der Waals surface area contributed by atoms with E-state index in [1.54, 1.807) is 4.90 Å². The Kier molecular flexibility index (Phi) is 4.03. The Labute approximate surface area is 108 Å². The number of nitrogens with zero attached hydrogens (tertiary/aromatic N) is 2. The molecule has 2 rings (SSSR count). The number of pyridine rings is 1. The Hall–Kier alpha value is -1.76. The molecule has 0 aromatic carbocycles. The molecule has 18 heavy (non-hydrogen) atoms. The molecule has 0 saturated carbocycles. The van der Waals surface area contributed by atoms with Crippen molar-refractivity contribution < 1.29 is 14.7 Å². The zero-order valence-corrected chi connectivity index (χ0v) is 10.4. The lowest BCUT2D eigenvalue weighted by Gasteiger charge is -2.26. The zero-order chi connectivity index (χ0) is 13.0. The second-order valence-electron chi connectivity index (χ2n) is 3.80. The number of carboxylic acids is 1. The van der Waals surface area contributed by atoms with Crippen molar-refractivity contribution in [1.82, 2.24) is 9.88 Å². The van der Waals surface area contributed by atoms with E-state index in [1.807, 2.05) is 11.8 Å². The fourth-order valence-corrected chi connectivity index (χ4v) is 2.50. The SMILES string of the molecule is O=C(O)c1cncc(NC(=O)N2CCSCC2)c1. The van der Waals surface area contributed by atoms with Gasteiger partial charge < -0.3 is 15.3 Å². The highest BCUT2D eigenvalue weighted by atomic mass is 32.2. The molecule has 1 aromatic rings. The Morgan fingerprint density at radius 3 is 2.72 bits per heavy atom. The predicted octanol–water partition coefficient (Wildman–Crippen LogP) is 1.36. The summed E-state index contributed by atoms with van der Waals surface area (Å²) in [6.45, 7) is 1.42. The predicted molar refractivity (Wildman–Crippen MR) is 69.1 cm³/mol. The number of anilines is 1. The van der Waals surface area contributed by atoms with Crippen LogP contribution in [-0.4, -0.2) is 51.6 Å². The monoisotopic (exact) mass is 267 g/mol. The number of aromatic carboxylic acids is 1. The van der Waals surface area contributed by atoms with Crippen molar-refractivity contribution in [2.45, 2.75) is 0 Å². The second-order valence-corrected chi connectivity index (χ2v) is 5.02. The zero-order valence-electron chi connectivity index (χ0n) is 9.63. The van der Waals surface area contributed by atoms with Gasteiger partial charge in [-0.3, -0.25) is 4.98 Å². The number of carbonyl (C=O) groups excluding carboxylic acids is 1. The van der Waals surface area contributed by atoms with Crippen LogP contribution in [0, 0.1) is 0 Å². The molecule has 0 aliphatic carbocycles. The van der Waals surface area contributed by atoms with Gasteiger partial charge in [0, 0.05) is 30.8 Å². The van der Waals surface area contributed by atoms with Gasteiger partial charge in [0.25, 0.3) is 0 Å². The Balaban J connectivity index is 2.02. The summed E-state index contributed by atoms with van der Waals surface area (Å²) in [6.07, 6.45) is 2.68. The molecule has 2 heterocycles. The fraction of sp³-hybridized carbons (Fsp3) is 0.364. The van der Waals surface area contributed by atoms with E-state index >= 15 is 0 Å². The lowest BCUT2D eigenvalue weighted by molar-refractivity contribution is 0.0696. The minimum atomic E-state index is -1.06. The standard InChI is InChI=1S/C11H13N3O3S/c15-10(16)8-5-9(7-12-6-8)13-11(17)14-1-3-18-4-2-14/h5-7H,1-4H2,(H,13,17)(H,15,16). The Morgan fingerprint density at radius 1 is 1.33 bits per heavy atom. The molecule has 1 aromatic heterocycles. The highest BCUT2D eigenvalue weighted by Crippen LogP contribution is 2.13. The van der Waals surface area contributed by atoms with E-state index in [1.165, 1.54) is 18.5 Å². The minimum absolute atomic E-state index is 0.0574. The topological polar surface area (TPSA) is 82.5 Å². The number of thioether (sulfide) groups is 1. The Morgan fingerprint density at radius 2 is 2.06 bits per heavy atom. The van der Waals surface area contributed by atoms with Crippen LogP contribution in [0.1, 0.15) is 10.4 Å². The fourth-order valence-electron chi connectivity index (χ4n) is 1.59. The van der Waals surface area contributed by atoms with E-state index in [0.29, 0.717) is 18.8 Å². The third kappa shape index (κ3) is 3.13. The molecule has 2 amide bonds. The van der Waals surface area contributed by atoms with Crippen LogP contribution in [-0.2, 0) is 0 Å². The maximum atomic E-state index is 11.9. The van der Waals surface area contributed by atoms with Crippen LogP contribution in [0.2, 0.25) is 0 Å². The average Bonchev–Trinajstić information content (AvgIpc) is 2.40. The van der Waals surface area contributed by atoms with Crippen LogP contribution >= 0.6 is 11.8 Å². The molecular formula is C11H13N3O3S. The van der Waals surface area contributed by atoms with Crippen LogP contribution in [0.4, 0.5) is 10.5 Å². The number of hydrogen-bond acceptors (Lipinski definition) is 4. The average molecular weight is 267 g/mol. The van der Waals surface area contributed by atoms with Crippen molar-refractivity contribution in [3.8, 4) is 0 Å². The van der Waals surface area contributed by atoms with Crippen molar-refractivity contribution in [2.75, 3.05) is 29.9 Å². The number of rotatable bonds is 2. The van der Waals surface area contributed by atoms with E-state index in [0.717, 1.165) is 11.5 Å². The minimum Gasteiger partial charge on any atom is -0.478 e. The maximum absolute atomic E-state index is 11.9. The van der Waals surface area contributed by atoms with Gasteiger partial charge in [0.2, 0.25) is 0 Å². The first kappa shape index (κ1) is 12.7. The molecule has 1 saturated heterocycles. The molecule has 0 bridgehead atoms. The van der Waals surface area contributed by atoms with Crippen molar-refractivity contribution in [3.63, 3.8) is 0 Å². The Bertz CT molecular complexity index is 461. The number of urea groups is 1. The van der Waals surface area contributed by atoms with E-state index in [4.69, 9.17) is 5.11 Å². The van der Waals surface area contributed by atoms with Crippen molar-refractivity contribution in [1.29, 1.82) is 0 Å². The molecular weight excluding hydrogens is 254 g/mol. The lowest BCUT2D eigenvalue weighted by atomic mass is 10.2. The third-order valence-electron chi connectivity index (χ3n) is 2.53. The van der Waals surface area contributed by atoms with Gasteiger partial charge in [-0.25, -0.2) is 9.59 Å². The molecule has 0 radical (unpaired) electrons. The highest BCUT2D eigenvalue weighted by Gasteiger charge is 2.17. The normalized spacial score (nSPS) is 15.2. The van der Waals surface area contributed by atoms with Crippen LogP contribution in [0.15, 0.2) is 18.5 Å². The number of amides is 2. The molecule has 0 unspecified atom stereocenters. The summed E-state index contributed by atoms with van der Waals surface area (Å²) in [5, 5.41) is 11.5. The lowest BCUT2D eigenvalue weighted by Crippen LogP contribution is -2.40. The molecule has 1 aliphatic heterocycles. The smallest absolute Gasteiger partial charge is 0.337 e. The first-order valence-electron chi connectivity index (χ1n) is 5.49. The van der Waals surface area contributed by atoms with Crippen LogP contribution in [0.3, 0.4) is 0 Å². The van der Waals surface area contributed by atoms with Gasteiger partial charge in [0.15, 0.2) is 0 Å². The highest BCUT2D eigenvalue weighted by molar-refractivity contribution is 7.99. The van der Waals surface area contributed by atoms with Gasteiger partial charge in [-0.1, -0.05) is 0 Å². The summed E-state index contributed by atoms with van der Waals surface area (Å²) in [5.74, 6) is 0.801. The van der Waals surface area contributed by atoms with E-state index in [9.17, 15) is 9.59 Å². The van der Waals surface area contributed by atoms with Gasteiger partial charge in [0.05, 0.1) is 17.4 Å². The van der Waals surface area contributed by atoms with Gasteiger partial charge in [-0.05, 0) is 6.07 Å². The van der Waals surface area contributed by atoms with Crippen LogP contribution in [0.5, 0.6) is 0 Å². The van der Waals surface area contributed by atoms with Gasteiger partial charge in [-0.2, -0.15) is 11.8 Å². The third-order valence-corrected chi connectivity index (χ3v) is 3.48. The summed E-state index contributed by atoms with van der Waals surface area (Å²) < 4.78 is 0. The van der Waals surface area contributed by atoms with Crippen molar-refractivity contribution in [3.05, 3.63) is 24.0 Å². The number of carboxylic acid groups (broad SMARTS) is 1. The van der Waals surface area contributed by atoms with Gasteiger partial charge >= 0.3 is 12.0 Å². The number of hydrogen-bond donors (Lipinski definition) is 2. The molecule has 96 valence electrons. The van der Waals surface area contributed by atoms with Gasteiger partial charge in [0.1, 0.15) is 0 Å². The molecule has 1 aliphatic rings. The largest absolute Gasteiger partial charge is 0.478 e. The number of nitrogens with one attached hydrogen (secondary N) is 1. The quantitative estimate of drug-likeness (QED) is 0.845. The first-order chi connectivity index (χ1) is 8.66. The molecule has 7 heteroatoms. The second kappa shape index (κ2) is 5.72. The summed E-state index contributed by atoms with van der Waals surface area (Å²) in [6, 6.07) is 1.19. The summed E-state index contributed by atoms with van der Waals surface area (Å²) in [4.78, 5) is 28.2. The summed E-state index contributed by atoms with van der Waals surface area (Å²) in [5.41, 5.74) is 0.458. The maximum Gasteiger partial charge on any atom is 0.337 e. The van der Waals surface area contributed by atoms with Crippen LogP contribution < -0.4 is 5.32 Å². The number of aromatic nitrogens is 1. The molecule has 6 nitrogen and oxygen atoms in total. The van der Waals surface area contributed by atoms with E-state index < -0.39 is 5.97 Å². The van der Waals surface area contributed by atoms with Gasteiger partial charge in [-0.15, -0.1) is 0 Å². The van der Waals surface area contributed by atoms with E-state index in [2.05, 4.69) is 10.3 Å². The van der Waals surface area contributed by atoms with Crippen molar-refractivity contribution >= 4 is 29.4 Å². The molecule has 1 fully saturated rings. The summed E-state index contributed by atoms with van der Waals surface area (Å²) in [7, 11) is 0. The molecule has 0 spiro atoms. The number of carbonyl (C=O) groups is 2. The first-order valence-corrected chi connectivity index (χ1v) is 6.64.